The average molecular weight is 443 g/mol. The Labute approximate surface area is 192 Å². The minimum Gasteiger partial charge on any atom is -0.341 e. The maximum Gasteiger partial charge on any atom is 0.238 e. The van der Waals surface area contributed by atoms with Gasteiger partial charge >= 0.3 is 0 Å². The fraction of sp³-hybridized carbons (Fsp3) is 0.640. The number of amides is 3. The zero-order valence-corrected chi connectivity index (χ0v) is 20.2. The van der Waals surface area contributed by atoms with Gasteiger partial charge in [0.15, 0.2) is 0 Å². The Morgan fingerprint density at radius 1 is 0.969 bits per heavy atom. The van der Waals surface area contributed by atoms with E-state index in [2.05, 4.69) is 10.2 Å². The lowest BCUT2D eigenvalue weighted by atomic mass is 9.90. The molecular formula is C25H38N4O3. The first kappa shape index (κ1) is 24.2. The molecular weight excluding hydrogens is 404 g/mol. The van der Waals surface area contributed by atoms with E-state index in [-0.39, 0.29) is 23.6 Å². The van der Waals surface area contributed by atoms with Gasteiger partial charge in [-0.3, -0.25) is 19.3 Å². The number of carbonyl (C=O) groups excluding carboxylic acids is 3. The molecule has 0 aromatic heterocycles. The molecule has 7 nitrogen and oxygen atoms in total. The highest BCUT2D eigenvalue weighted by molar-refractivity contribution is 5.93. The van der Waals surface area contributed by atoms with Gasteiger partial charge in [0, 0.05) is 50.4 Å². The molecule has 1 atom stereocenters. The lowest BCUT2D eigenvalue weighted by molar-refractivity contribution is -0.146. The highest BCUT2D eigenvalue weighted by Crippen LogP contribution is 2.25. The summed E-state index contributed by atoms with van der Waals surface area (Å²) in [7, 11) is 0. The number of likely N-dealkylation sites (tertiary alicyclic amines) is 1. The predicted octanol–water partition coefficient (Wildman–Crippen LogP) is 2.67. The van der Waals surface area contributed by atoms with Crippen LogP contribution < -0.4 is 5.32 Å². The van der Waals surface area contributed by atoms with E-state index < -0.39 is 5.41 Å². The number of piperazine rings is 1. The highest BCUT2D eigenvalue weighted by Gasteiger charge is 2.35. The molecule has 7 heteroatoms. The van der Waals surface area contributed by atoms with Gasteiger partial charge in [0.2, 0.25) is 17.7 Å². The molecule has 1 N–H and O–H groups in total. The third-order valence-electron chi connectivity index (χ3n) is 6.50. The molecule has 2 aliphatic heterocycles. The van der Waals surface area contributed by atoms with Gasteiger partial charge in [-0.2, -0.15) is 0 Å². The Bertz CT molecular complexity index is 833. The number of para-hydroxylation sites is 1. The summed E-state index contributed by atoms with van der Waals surface area (Å²) in [6.45, 7) is 14.0. The van der Waals surface area contributed by atoms with Crippen molar-refractivity contribution < 1.29 is 14.4 Å². The van der Waals surface area contributed by atoms with E-state index >= 15 is 0 Å². The van der Waals surface area contributed by atoms with Gasteiger partial charge in [0.05, 0.1) is 12.5 Å². The normalized spacial score (nSPS) is 20.2. The van der Waals surface area contributed by atoms with Crippen LogP contribution in [0.15, 0.2) is 18.2 Å². The van der Waals surface area contributed by atoms with Crippen molar-refractivity contribution in [3.8, 4) is 0 Å². The molecule has 0 bridgehead atoms. The first-order valence-corrected chi connectivity index (χ1v) is 11.7. The van der Waals surface area contributed by atoms with Crippen molar-refractivity contribution in [1.29, 1.82) is 0 Å². The summed E-state index contributed by atoms with van der Waals surface area (Å²) in [6.07, 6.45) is 1.71. The lowest BCUT2D eigenvalue weighted by Gasteiger charge is -2.40. The fourth-order valence-electron chi connectivity index (χ4n) is 4.62. The second kappa shape index (κ2) is 10.0. The van der Waals surface area contributed by atoms with Gasteiger partial charge in [-0.15, -0.1) is 0 Å². The minimum atomic E-state index is -0.423. The molecule has 1 aromatic carbocycles. The Balaban J connectivity index is 1.48. The molecule has 2 heterocycles. The number of nitrogens with zero attached hydrogens (tertiary/aromatic N) is 3. The van der Waals surface area contributed by atoms with Crippen LogP contribution in [0.3, 0.4) is 0 Å². The van der Waals surface area contributed by atoms with Crippen molar-refractivity contribution in [2.75, 3.05) is 51.1 Å². The summed E-state index contributed by atoms with van der Waals surface area (Å²) in [6, 6.07) is 5.98. The number of anilines is 1. The predicted molar refractivity (Wildman–Crippen MR) is 126 cm³/mol. The molecule has 0 radical (unpaired) electrons. The molecule has 3 amide bonds. The highest BCUT2D eigenvalue weighted by atomic mass is 16.2. The van der Waals surface area contributed by atoms with E-state index in [1.807, 2.05) is 62.6 Å². The monoisotopic (exact) mass is 442 g/mol. The molecule has 176 valence electrons. The number of rotatable bonds is 4. The van der Waals surface area contributed by atoms with Crippen molar-refractivity contribution in [3.63, 3.8) is 0 Å². The Hall–Kier alpha value is -2.41. The standard InChI is InChI=1S/C25H38N4O3/c1-18-8-6-9-19(2)22(18)26-21(30)17-27-12-14-28(15-13-27)23(31)20-10-7-11-29(16-20)24(32)25(3,4)5/h6,8-9,20H,7,10-17H2,1-5H3,(H,26,30). The number of aryl methyl sites for hydroxylation is 2. The van der Waals surface area contributed by atoms with Gasteiger partial charge in [-0.25, -0.2) is 0 Å². The third kappa shape index (κ3) is 5.88. The van der Waals surface area contributed by atoms with Gasteiger partial charge in [-0.05, 0) is 37.8 Å². The van der Waals surface area contributed by atoms with Crippen LogP contribution >= 0.6 is 0 Å². The first-order valence-electron chi connectivity index (χ1n) is 11.7. The van der Waals surface area contributed by atoms with E-state index in [9.17, 15) is 14.4 Å². The molecule has 0 spiro atoms. The summed E-state index contributed by atoms with van der Waals surface area (Å²) in [4.78, 5) is 44.2. The Morgan fingerprint density at radius 3 is 2.19 bits per heavy atom. The van der Waals surface area contributed by atoms with Gasteiger partial charge < -0.3 is 15.1 Å². The number of hydrogen-bond acceptors (Lipinski definition) is 4. The van der Waals surface area contributed by atoms with E-state index in [0.717, 1.165) is 36.2 Å². The third-order valence-corrected chi connectivity index (χ3v) is 6.50. The summed E-state index contributed by atoms with van der Waals surface area (Å²) in [5, 5.41) is 3.04. The Kier molecular flexibility index (Phi) is 7.59. The largest absolute Gasteiger partial charge is 0.341 e. The second-order valence-electron chi connectivity index (χ2n) is 10.3. The van der Waals surface area contributed by atoms with Gasteiger partial charge in [-0.1, -0.05) is 39.0 Å². The lowest BCUT2D eigenvalue weighted by Crippen LogP contribution is -2.54. The number of benzene rings is 1. The van der Waals surface area contributed by atoms with E-state index in [1.54, 1.807) is 0 Å². The minimum absolute atomic E-state index is 0.0224. The maximum absolute atomic E-state index is 13.1. The van der Waals surface area contributed by atoms with Crippen LogP contribution in [-0.4, -0.2) is 78.2 Å². The summed E-state index contributed by atoms with van der Waals surface area (Å²) < 4.78 is 0. The van der Waals surface area contributed by atoms with Gasteiger partial charge in [0.25, 0.3) is 0 Å². The molecule has 1 unspecified atom stereocenters. The molecule has 32 heavy (non-hydrogen) atoms. The van der Waals surface area contributed by atoms with E-state index in [0.29, 0.717) is 39.3 Å². The smallest absolute Gasteiger partial charge is 0.238 e. The number of carbonyl (C=O) groups is 3. The first-order chi connectivity index (χ1) is 15.1. The van der Waals surface area contributed by atoms with Crippen molar-refractivity contribution in [2.45, 2.75) is 47.5 Å². The fourth-order valence-corrected chi connectivity index (χ4v) is 4.62. The molecule has 2 aliphatic rings. The van der Waals surface area contributed by atoms with Crippen molar-refractivity contribution >= 4 is 23.4 Å². The van der Waals surface area contributed by atoms with Crippen LogP contribution in [0.4, 0.5) is 5.69 Å². The maximum atomic E-state index is 13.1. The second-order valence-corrected chi connectivity index (χ2v) is 10.3. The van der Waals surface area contributed by atoms with Crippen LogP contribution in [0.2, 0.25) is 0 Å². The zero-order chi connectivity index (χ0) is 23.5. The quantitative estimate of drug-likeness (QED) is 0.778. The van der Waals surface area contributed by atoms with Crippen LogP contribution in [0.25, 0.3) is 0 Å². The summed E-state index contributed by atoms with van der Waals surface area (Å²) >= 11 is 0. The van der Waals surface area contributed by atoms with E-state index in [4.69, 9.17) is 0 Å². The molecule has 0 saturated carbocycles. The van der Waals surface area contributed by atoms with E-state index in [1.165, 1.54) is 0 Å². The topological polar surface area (TPSA) is 73.0 Å². The zero-order valence-electron chi connectivity index (χ0n) is 20.2. The summed E-state index contributed by atoms with van der Waals surface area (Å²) in [5.74, 6) is 0.130. The summed E-state index contributed by atoms with van der Waals surface area (Å²) in [5.41, 5.74) is 2.58. The molecule has 0 aliphatic carbocycles. The van der Waals surface area contributed by atoms with Crippen molar-refractivity contribution in [3.05, 3.63) is 29.3 Å². The molecule has 1 aromatic rings. The van der Waals surface area contributed by atoms with Crippen LogP contribution in [0, 0.1) is 25.2 Å². The molecule has 2 fully saturated rings. The number of piperidine rings is 1. The van der Waals surface area contributed by atoms with Crippen molar-refractivity contribution in [1.82, 2.24) is 14.7 Å². The number of hydrogen-bond donors (Lipinski definition) is 1. The van der Waals surface area contributed by atoms with Crippen molar-refractivity contribution in [2.24, 2.45) is 11.3 Å². The molecule has 3 rings (SSSR count). The average Bonchev–Trinajstić information content (AvgIpc) is 2.75. The van der Waals surface area contributed by atoms with Gasteiger partial charge in [0.1, 0.15) is 0 Å². The van der Waals surface area contributed by atoms with Crippen LogP contribution in [0.1, 0.15) is 44.7 Å². The Morgan fingerprint density at radius 2 is 1.59 bits per heavy atom. The SMILES string of the molecule is Cc1cccc(C)c1NC(=O)CN1CCN(C(=O)C2CCCN(C(=O)C(C)(C)C)C2)CC1. The van der Waals surface area contributed by atoms with Crippen LogP contribution in [0.5, 0.6) is 0 Å². The van der Waals surface area contributed by atoms with Crippen LogP contribution in [-0.2, 0) is 14.4 Å². The molecule has 2 saturated heterocycles. The number of nitrogens with one attached hydrogen (secondary N) is 1.